The first-order valence-corrected chi connectivity index (χ1v) is 7.95. The quantitative estimate of drug-likeness (QED) is 0.792. The molecule has 1 unspecified atom stereocenters. The zero-order valence-electron chi connectivity index (χ0n) is 11.5. The minimum absolute atomic E-state index is 0.262. The first-order chi connectivity index (χ1) is 9.06. The van der Waals surface area contributed by atoms with Gasteiger partial charge in [-0.3, -0.25) is 4.21 Å². The molecule has 0 saturated heterocycles. The Bertz CT molecular complexity index is 427. The molecule has 1 N–H and O–H groups in total. The predicted octanol–water partition coefficient (Wildman–Crippen LogP) is 1.98. The Morgan fingerprint density at radius 1 is 1.21 bits per heavy atom. The van der Waals surface area contributed by atoms with Gasteiger partial charge >= 0.3 is 5.97 Å². The number of carboxylic acids is 1. The molecule has 0 saturated carbocycles. The zero-order chi connectivity index (χ0) is 14.3. The molecule has 0 bridgehead atoms. The van der Waals surface area contributed by atoms with Crippen LogP contribution in [0.15, 0.2) is 24.3 Å². The highest BCUT2D eigenvalue weighted by atomic mass is 32.2. The van der Waals surface area contributed by atoms with E-state index in [9.17, 15) is 9.00 Å². The van der Waals surface area contributed by atoms with E-state index < -0.39 is 16.8 Å². The maximum Gasteiger partial charge on any atom is 0.335 e. The van der Waals surface area contributed by atoms with Gasteiger partial charge in [0, 0.05) is 28.9 Å². The van der Waals surface area contributed by atoms with Crippen LogP contribution in [-0.2, 0) is 16.6 Å². The van der Waals surface area contributed by atoms with Crippen LogP contribution in [0.1, 0.15) is 29.8 Å². The maximum absolute atomic E-state index is 11.9. The van der Waals surface area contributed by atoms with Crippen molar-refractivity contribution in [3.63, 3.8) is 0 Å². The summed E-state index contributed by atoms with van der Waals surface area (Å²) in [7, 11) is -0.901. The molecule has 5 heteroatoms. The molecule has 0 spiro atoms. The Morgan fingerprint density at radius 2 is 1.79 bits per heavy atom. The monoisotopic (exact) mass is 283 g/mol. The summed E-state index contributed by atoms with van der Waals surface area (Å²) in [6.45, 7) is 6.98. The summed E-state index contributed by atoms with van der Waals surface area (Å²) in [4.78, 5) is 13.0. The minimum atomic E-state index is -0.936. The molecular formula is C14H21NO3S. The Balaban J connectivity index is 2.46. The molecule has 0 amide bonds. The van der Waals surface area contributed by atoms with Gasteiger partial charge in [-0.25, -0.2) is 4.79 Å². The van der Waals surface area contributed by atoms with E-state index in [0.717, 1.165) is 25.2 Å². The van der Waals surface area contributed by atoms with Gasteiger partial charge in [0.2, 0.25) is 0 Å². The lowest BCUT2D eigenvalue weighted by Crippen LogP contribution is -2.27. The lowest BCUT2D eigenvalue weighted by Gasteiger charge is -2.17. The first-order valence-electron chi connectivity index (χ1n) is 6.46. The molecular weight excluding hydrogens is 262 g/mol. The van der Waals surface area contributed by atoms with E-state index in [1.165, 1.54) is 0 Å². The summed E-state index contributed by atoms with van der Waals surface area (Å²) in [5, 5.41) is 8.79. The highest BCUT2D eigenvalue weighted by molar-refractivity contribution is 7.84. The Hall–Kier alpha value is -1.20. The molecule has 1 aromatic rings. The van der Waals surface area contributed by atoms with Crippen LogP contribution in [0, 0.1) is 0 Å². The van der Waals surface area contributed by atoms with Crippen molar-refractivity contribution >= 4 is 16.8 Å². The first kappa shape index (κ1) is 15.9. The average molecular weight is 283 g/mol. The largest absolute Gasteiger partial charge is 0.478 e. The third kappa shape index (κ3) is 5.53. The fourth-order valence-electron chi connectivity index (χ4n) is 1.77. The smallest absolute Gasteiger partial charge is 0.335 e. The standard InChI is InChI=1S/C14H21NO3S/c1-3-15(4-2)9-10-19(18)11-12-5-7-13(8-6-12)14(16)17/h5-8H,3-4,9-11H2,1-2H3,(H,16,17). The van der Waals surface area contributed by atoms with Gasteiger partial charge in [0.25, 0.3) is 0 Å². The molecule has 0 heterocycles. The number of benzene rings is 1. The van der Waals surface area contributed by atoms with Gasteiger partial charge in [0.15, 0.2) is 0 Å². The third-order valence-electron chi connectivity index (χ3n) is 3.06. The molecule has 1 aromatic carbocycles. The minimum Gasteiger partial charge on any atom is -0.478 e. The van der Waals surface area contributed by atoms with Crippen molar-refractivity contribution in [3.8, 4) is 0 Å². The molecule has 1 rings (SSSR count). The molecule has 0 radical (unpaired) electrons. The lowest BCUT2D eigenvalue weighted by atomic mass is 10.1. The average Bonchev–Trinajstić information content (AvgIpc) is 2.40. The summed E-state index contributed by atoms with van der Waals surface area (Å²) >= 11 is 0. The van der Waals surface area contributed by atoms with Gasteiger partial charge in [-0.2, -0.15) is 0 Å². The topological polar surface area (TPSA) is 57.6 Å². The van der Waals surface area contributed by atoms with Crippen LogP contribution in [0.25, 0.3) is 0 Å². The summed E-state index contributed by atoms with van der Waals surface area (Å²) in [5.41, 5.74) is 1.18. The number of hydrogen-bond donors (Lipinski definition) is 1. The van der Waals surface area contributed by atoms with Crippen molar-refractivity contribution in [1.82, 2.24) is 4.90 Å². The number of hydrogen-bond acceptors (Lipinski definition) is 3. The second-order valence-corrected chi connectivity index (χ2v) is 5.89. The van der Waals surface area contributed by atoms with Crippen molar-refractivity contribution in [2.45, 2.75) is 19.6 Å². The van der Waals surface area contributed by atoms with Crippen LogP contribution in [-0.4, -0.2) is 45.6 Å². The number of nitrogens with zero attached hydrogens (tertiary/aromatic N) is 1. The fraction of sp³-hybridized carbons (Fsp3) is 0.500. The molecule has 0 aliphatic heterocycles. The fourth-order valence-corrected chi connectivity index (χ4v) is 2.94. The number of rotatable bonds is 8. The van der Waals surface area contributed by atoms with Crippen molar-refractivity contribution in [2.24, 2.45) is 0 Å². The summed E-state index contributed by atoms with van der Waals surface area (Å²) in [6.07, 6.45) is 0. The van der Waals surface area contributed by atoms with Gasteiger partial charge in [0.05, 0.1) is 5.56 Å². The highest BCUT2D eigenvalue weighted by Gasteiger charge is 2.06. The summed E-state index contributed by atoms with van der Waals surface area (Å²) < 4.78 is 11.9. The Labute approximate surface area is 116 Å². The molecule has 1 atom stereocenters. The van der Waals surface area contributed by atoms with Gasteiger partial charge in [0.1, 0.15) is 0 Å². The van der Waals surface area contributed by atoms with Crippen molar-refractivity contribution < 1.29 is 14.1 Å². The molecule has 0 aliphatic rings. The van der Waals surface area contributed by atoms with E-state index in [-0.39, 0.29) is 5.56 Å². The van der Waals surface area contributed by atoms with Crippen molar-refractivity contribution in [1.29, 1.82) is 0 Å². The molecule has 0 aliphatic carbocycles. The van der Waals surface area contributed by atoms with Crippen LogP contribution < -0.4 is 0 Å². The zero-order valence-corrected chi connectivity index (χ0v) is 12.3. The molecule has 19 heavy (non-hydrogen) atoms. The predicted molar refractivity (Wildman–Crippen MR) is 77.9 cm³/mol. The van der Waals surface area contributed by atoms with Crippen LogP contribution in [0.2, 0.25) is 0 Å². The van der Waals surface area contributed by atoms with Gasteiger partial charge < -0.3 is 10.0 Å². The third-order valence-corrected chi connectivity index (χ3v) is 4.35. The lowest BCUT2D eigenvalue weighted by molar-refractivity contribution is 0.0697. The normalized spacial score (nSPS) is 12.6. The summed E-state index contributed by atoms with van der Waals surface area (Å²) in [5.74, 6) is 0.206. The highest BCUT2D eigenvalue weighted by Crippen LogP contribution is 2.07. The Morgan fingerprint density at radius 3 is 2.26 bits per heavy atom. The van der Waals surface area contributed by atoms with Crippen LogP contribution in [0.5, 0.6) is 0 Å². The van der Waals surface area contributed by atoms with Gasteiger partial charge in [-0.15, -0.1) is 0 Å². The van der Waals surface area contributed by atoms with Gasteiger partial charge in [-0.1, -0.05) is 26.0 Å². The van der Waals surface area contributed by atoms with Crippen molar-refractivity contribution in [3.05, 3.63) is 35.4 Å². The number of carboxylic acid groups (broad SMARTS) is 1. The molecule has 4 nitrogen and oxygen atoms in total. The Kier molecular flexibility index (Phi) is 6.73. The van der Waals surface area contributed by atoms with E-state index in [1.54, 1.807) is 24.3 Å². The summed E-state index contributed by atoms with van der Waals surface area (Å²) in [6, 6.07) is 6.58. The van der Waals surface area contributed by atoms with Crippen molar-refractivity contribution in [2.75, 3.05) is 25.4 Å². The van der Waals surface area contributed by atoms with Crippen LogP contribution >= 0.6 is 0 Å². The van der Waals surface area contributed by atoms with Gasteiger partial charge in [-0.05, 0) is 30.8 Å². The van der Waals surface area contributed by atoms with E-state index in [4.69, 9.17) is 5.11 Å². The maximum atomic E-state index is 11.9. The second kappa shape index (κ2) is 8.07. The molecule has 0 fully saturated rings. The van der Waals surface area contributed by atoms with E-state index in [1.807, 2.05) is 0 Å². The second-order valence-electron chi connectivity index (χ2n) is 4.32. The van der Waals surface area contributed by atoms with Crippen LogP contribution in [0.4, 0.5) is 0 Å². The molecule has 0 aromatic heterocycles. The van der Waals surface area contributed by atoms with Crippen LogP contribution in [0.3, 0.4) is 0 Å². The molecule has 106 valence electrons. The number of carbonyl (C=O) groups is 1. The van der Waals surface area contributed by atoms with E-state index in [0.29, 0.717) is 11.5 Å². The van der Waals surface area contributed by atoms with E-state index in [2.05, 4.69) is 18.7 Å². The SMILES string of the molecule is CCN(CC)CCS(=O)Cc1ccc(C(=O)O)cc1. The van der Waals surface area contributed by atoms with E-state index >= 15 is 0 Å². The number of aromatic carboxylic acids is 1.